The molecule has 1 aliphatic rings. The lowest BCUT2D eigenvalue weighted by atomic mass is 9.91. The zero-order chi connectivity index (χ0) is 10.8. The van der Waals surface area contributed by atoms with Gasteiger partial charge in [0.25, 0.3) is 0 Å². The van der Waals surface area contributed by atoms with E-state index in [-0.39, 0.29) is 12.5 Å². The van der Waals surface area contributed by atoms with E-state index in [1.165, 1.54) is 39.2 Å². The number of esters is 1. The monoisotopic (exact) mass is 201 g/mol. The first-order valence-corrected chi connectivity index (χ1v) is 5.42. The van der Waals surface area contributed by atoms with E-state index in [0.29, 0.717) is 0 Å². The molecule has 0 saturated heterocycles. The number of methoxy groups -OCH3 is 1. The number of rotatable bonds is 2. The van der Waals surface area contributed by atoms with Crippen molar-refractivity contribution < 1.29 is 9.53 Å². The number of carbonyl (C=O) groups excluding carboxylic acids is 1. The minimum Gasteiger partial charge on any atom is -0.468 e. The van der Waals surface area contributed by atoms with Gasteiger partial charge in [-0.3, -0.25) is 4.79 Å². The summed E-state index contributed by atoms with van der Waals surface area (Å²) in [4.78, 5) is 10.1. The summed E-state index contributed by atoms with van der Waals surface area (Å²) in [6.45, 7) is 2.65. The van der Waals surface area contributed by atoms with E-state index in [2.05, 4.69) is 17.0 Å². The highest BCUT2D eigenvalue weighted by molar-refractivity contribution is 5.71. The third-order valence-corrected chi connectivity index (χ3v) is 2.44. The number of nitrogens with one attached hydrogen (secondary N) is 1. The smallest absolute Gasteiger partial charge is 0.319 e. The van der Waals surface area contributed by atoms with Gasteiger partial charge >= 0.3 is 5.97 Å². The van der Waals surface area contributed by atoms with E-state index in [1.807, 2.05) is 0 Å². The molecule has 14 heavy (non-hydrogen) atoms. The molecule has 1 saturated carbocycles. The molecule has 1 rings (SSSR count). The van der Waals surface area contributed by atoms with Crippen molar-refractivity contribution in [3.05, 3.63) is 0 Å². The van der Waals surface area contributed by atoms with E-state index in [1.54, 1.807) is 7.05 Å². The Morgan fingerprint density at radius 2 is 1.93 bits per heavy atom. The van der Waals surface area contributed by atoms with Gasteiger partial charge in [0.2, 0.25) is 0 Å². The molecule has 3 heteroatoms. The largest absolute Gasteiger partial charge is 0.468 e. The standard InChI is InChI=1S/C7H14.C4H9NO2/c1-7-5-3-2-4-6-7;1-5-3-4(6)7-2/h7H,2-6H2,1H3;5H,3H2,1-2H3. The van der Waals surface area contributed by atoms with Crippen molar-refractivity contribution in [1.29, 1.82) is 0 Å². The molecule has 84 valence electrons. The molecule has 0 aromatic heterocycles. The first-order valence-electron chi connectivity index (χ1n) is 5.42. The van der Waals surface area contributed by atoms with Crippen LogP contribution in [-0.2, 0) is 9.53 Å². The molecule has 0 amide bonds. The van der Waals surface area contributed by atoms with Crippen LogP contribution in [0.4, 0.5) is 0 Å². The van der Waals surface area contributed by atoms with Crippen LogP contribution in [0, 0.1) is 5.92 Å². The van der Waals surface area contributed by atoms with Crippen LogP contribution < -0.4 is 5.32 Å². The van der Waals surface area contributed by atoms with Crippen LogP contribution in [0.5, 0.6) is 0 Å². The average molecular weight is 201 g/mol. The summed E-state index contributed by atoms with van der Waals surface area (Å²) >= 11 is 0. The van der Waals surface area contributed by atoms with Gasteiger partial charge in [0, 0.05) is 0 Å². The van der Waals surface area contributed by atoms with Crippen LogP contribution in [0.25, 0.3) is 0 Å². The molecular weight excluding hydrogens is 178 g/mol. The molecule has 0 bridgehead atoms. The zero-order valence-corrected chi connectivity index (χ0v) is 9.64. The molecule has 0 aromatic carbocycles. The van der Waals surface area contributed by atoms with E-state index in [9.17, 15) is 4.79 Å². The second kappa shape index (κ2) is 9.00. The second-order valence-corrected chi connectivity index (χ2v) is 3.85. The van der Waals surface area contributed by atoms with E-state index in [4.69, 9.17) is 0 Å². The third kappa shape index (κ3) is 8.05. The Hall–Kier alpha value is -0.570. The van der Waals surface area contributed by atoms with Crippen molar-refractivity contribution in [2.45, 2.75) is 39.0 Å². The van der Waals surface area contributed by atoms with Gasteiger partial charge in [-0.15, -0.1) is 0 Å². The molecule has 0 heterocycles. The highest BCUT2D eigenvalue weighted by Gasteiger charge is 2.05. The Morgan fingerprint density at radius 1 is 1.36 bits per heavy atom. The lowest BCUT2D eigenvalue weighted by Crippen LogP contribution is -2.19. The second-order valence-electron chi connectivity index (χ2n) is 3.85. The van der Waals surface area contributed by atoms with Gasteiger partial charge in [-0.2, -0.15) is 0 Å². The van der Waals surface area contributed by atoms with Gasteiger partial charge in [0.05, 0.1) is 13.7 Å². The first-order chi connectivity index (χ1) is 6.70. The molecule has 0 spiro atoms. The topological polar surface area (TPSA) is 38.3 Å². The van der Waals surface area contributed by atoms with E-state index < -0.39 is 0 Å². The average Bonchev–Trinajstić information content (AvgIpc) is 2.20. The summed E-state index contributed by atoms with van der Waals surface area (Å²) in [6.07, 6.45) is 7.44. The van der Waals surface area contributed by atoms with Crippen molar-refractivity contribution >= 4 is 5.97 Å². The van der Waals surface area contributed by atoms with Crippen molar-refractivity contribution in [1.82, 2.24) is 5.32 Å². The Bertz CT molecular complexity index is 142. The lowest BCUT2D eigenvalue weighted by Gasteiger charge is -2.15. The summed E-state index contributed by atoms with van der Waals surface area (Å²) in [6, 6.07) is 0. The number of hydrogen-bond acceptors (Lipinski definition) is 3. The molecule has 1 N–H and O–H groups in total. The summed E-state index contributed by atoms with van der Waals surface area (Å²) in [5, 5.41) is 2.64. The Labute approximate surface area is 87.2 Å². The first kappa shape index (κ1) is 13.4. The minimum atomic E-state index is -0.234. The lowest BCUT2D eigenvalue weighted by molar-refractivity contribution is -0.139. The predicted molar refractivity (Wildman–Crippen MR) is 58.2 cm³/mol. The SMILES string of the molecule is CC1CCCCC1.CNCC(=O)OC. The molecule has 3 nitrogen and oxygen atoms in total. The van der Waals surface area contributed by atoms with E-state index >= 15 is 0 Å². The maximum atomic E-state index is 10.1. The fraction of sp³-hybridized carbons (Fsp3) is 0.909. The zero-order valence-electron chi connectivity index (χ0n) is 9.64. The number of ether oxygens (including phenoxy) is 1. The maximum Gasteiger partial charge on any atom is 0.319 e. The summed E-state index contributed by atoms with van der Waals surface area (Å²) in [5.74, 6) is 0.802. The Balaban J connectivity index is 0.000000241. The highest BCUT2D eigenvalue weighted by Crippen LogP contribution is 2.21. The van der Waals surface area contributed by atoms with Gasteiger partial charge < -0.3 is 10.1 Å². The molecule has 0 aliphatic heterocycles. The molecule has 0 atom stereocenters. The van der Waals surface area contributed by atoms with E-state index in [0.717, 1.165) is 5.92 Å². The van der Waals surface area contributed by atoms with Crippen LogP contribution >= 0.6 is 0 Å². The fourth-order valence-electron chi connectivity index (χ4n) is 1.52. The van der Waals surface area contributed by atoms with Gasteiger partial charge in [-0.25, -0.2) is 0 Å². The normalized spacial score (nSPS) is 16.8. The van der Waals surface area contributed by atoms with Crippen molar-refractivity contribution in [3.8, 4) is 0 Å². The fourth-order valence-corrected chi connectivity index (χ4v) is 1.52. The third-order valence-electron chi connectivity index (χ3n) is 2.44. The molecule has 0 aromatic rings. The number of likely N-dealkylation sites (N-methyl/N-ethyl adjacent to an activating group) is 1. The summed E-state index contributed by atoms with van der Waals surface area (Å²) in [5.41, 5.74) is 0. The van der Waals surface area contributed by atoms with Crippen LogP contribution in [0.1, 0.15) is 39.0 Å². The maximum absolute atomic E-state index is 10.1. The Morgan fingerprint density at radius 3 is 2.14 bits per heavy atom. The number of hydrogen-bond donors (Lipinski definition) is 1. The minimum absolute atomic E-state index is 0.234. The van der Waals surface area contributed by atoms with Gasteiger partial charge in [-0.05, 0) is 13.0 Å². The van der Waals surface area contributed by atoms with Crippen LogP contribution in [0.3, 0.4) is 0 Å². The summed E-state index contributed by atoms with van der Waals surface area (Å²) < 4.78 is 4.29. The van der Waals surface area contributed by atoms with Crippen molar-refractivity contribution in [3.63, 3.8) is 0 Å². The summed E-state index contributed by atoms with van der Waals surface area (Å²) in [7, 11) is 3.05. The predicted octanol–water partition coefficient (Wildman–Crippen LogP) is 1.97. The van der Waals surface area contributed by atoms with Crippen LogP contribution in [0.15, 0.2) is 0 Å². The molecule has 1 aliphatic carbocycles. The molecule has 0 unspecified atom stereocenters. The van der Waals surface area contributed by atoms with Crippen LogP contribution in [0.2, 0.25) is 0 Å². The number of carbonyl (C=O) groups is 1. The molecule has 1 fully saturated rings. The van der Waals surface area contributed by atoms with Crippen LogP contribution in [-0.4, -0.2) is 26.7 Å². The van der Waals surface area contributed by atoms with Gasteiger partial charge in [0.15, 0.2) is 0 Å². The van der Waals surface area contributed by atoms with Crippen molar-refractivity contribution in [2.75, 3.05) is 20.7 Å². The van der Waals surface area contributed by atoms with Crippen molar-refractivity contribution in [2.24, 2.45) is 5.92 Å². The molecule has 0 radical (unpaired) electrons. The van der Waals surface area contributed by atoms with Gasteiger partial charge in [-0.1, -0.05) is 39.0 Å². The highest BCUT2D eigenvalue weighted by atomic mass is 16.5. The quantitative estimate of drug-likeness (QED) is 0.694. The molecular formula is C11H23NO2. The Kier molecular flexibility index (Phi) is 8.64. The van der Waals surface area contributed by atoms with Gasteiger partial charge in [0.1, 0.15) is 0 Å².